The summed E-state index contributed by atoms with van der Waals surface area (Å²) in [4.78, 5) is 25.8. The van der Waals surface area contributed by atoms with Crippen LogP contribution in [0, 0.1) is 0 Å². The van der Waals surface area contributed by atoms with Gasteiger partial charge in [0.25, 0.3) is 0 Å². The van der Waals surface area contributed by atoms with E-state index in [0.29, 0.717) is 0 Å². The largest absolute Gasteiger partial charge is 0.411 e. The molecule has 2 aliphatic rings. The highest BCUT2D eigenvalue weighted by atomic mass is 28.4. The fourth-order valence-electron chi connectivity index (χ4n) is 3.81. The van der Waals surface area contributed by atoms with Crippen molar-refractivity contribution in [2.75, 3.05) is 14.2 Å². The molecule has 6 atom stereocenters. The fraction of sp³-hybridized carbons (Fsp3) is 0.786. The minimum Gasteiger partial charge on any atom is -0.411 e. The Balaban J connectivity index is 2.52. The standard InChI is InChI=1S/C28H50O8Si2/c1-27(2,3)37(9,10)35-23(17-21-19(29)13-15-25(31-7)33-21)24(36-38(11,12)28(4,5)6)18-22-20(30)14-16-26(32-8)34-22/h13-16,21-26H,17-18H2,1-12H3/t21-,22-,23+,24+,25-,26+/m0/s1. The van der Waals surface area contributed by atoms with Crippen LogP contribution in [-0.4, -0.2) is 79.4 Å². The normalized spacial score (nSPS) is 27.1. The average Bonchev–Trinajstić information content (AvgIpc) is 2.79. The van der Waals surface area contributed by atoms with Crippen molar-refractivity contribution >= 4 is 28.2 Å². The molecule has 0 aliphatic carbocycles. The molecule has 0 aromatic carbocycles. The van der Waals surface area contributed by atoms with Gasteiger partial charge in [0.2, 0.25) is 0 Å². The molecular weight excluding hydrogens is 520 g/mol. The van der Waals surface area contributed by atoms with Crippen LogP contribution < -0.4 is 0 Å². The van der Waals surface area contributed by atoms with Gasteiger partial charge >= 0.3 is 0 Å². The van der Waals surface area contributed by atoms with Gasteiger partial charge in [-0.3, -0.25) is 9.59 Å². The molecule has 218 valence electrons. The van der Waals surface area contributed by atoms with Crippen molar-refractivity contribution in [3.8, 4) is 0 Å². The number of rotatable bonds is 11. The van der Waals surface area contributed by atoms with Crippen LogP contribution in [0.5, 0.6) is 0 Å². The molecular formula is C28H50O8Si2. The van der Waals surface area contributed by atoms with Crippen molar-refractivity contribution in [2.45, 2.75) is 128 Å². The minimum atomic E-state index is -2.33. The maximum absolute atomic E-state index is 12.9. The molecule has 0 aromatic heterocycles. The summed E-state index contributed by atoms with van der Waals surface area (Å²) in [6.07, 6.45) is 3.06. The quantitative estimate of drug-likeness (QED) is 0.299. The summed E-state index contributed by atoms with van der Waals surface area (Å²) in [5.41, 5.74) is 0. The molecule has 2 heterocycles. The van der Waals surface area contributed by atoms with E-state index in [0.717, 1.165) is 0 Å². The van der Waals surface area contributed by atoms with E-state index in [1.807, 2.05) is 0 Å². The SMILES string of the molecule is CO[C@H]1C=CC(=O)[C@H](C[C@@H](O[Si](C)(C)C(C)(C)C)[C@@H](C[C@@H]2O[C@H](OC)C=CC2=O)O[Si](C)(C)C(C)(C)C)O1. The van der Waals surface area contributed by atoms with Gasteiger partial charge in [0.1, 0.15) is 12.2 Å². The summed E-state index contributed by atoms with van der Waals surface area (Å²) in [5.74, 6) is -0.277. The Hall–Kier alpha value is -0.986. The minimum absolute atomic E-state index is 0.0831. The van der Waals surface area contributed by atoms with Crippen molar-refractivity contribution < 1.29 is 37.4 Å². The van der Waals surface area contributed by atoms with Crippen molar-refractivity contribution in [1.29, 1.82) is 0 Å². The third-order valence-electron chi connectivity index (χ3n) is 8.34. The van der Waals surface area contributed by atoms with Gasteiger partial charge in [-0.1, -0.05) is 41.5 Å². The van der Waals surface area contributed by atoms with Crippen LogP contribution in [0.4, 0.5) is 0 Å². The second-order valence-electron chi connectivity index (χ2n) is 13.3. The predicted octanol–water partition coefficient (Wildman–Crippen LogP) is 5.54. The maximum atomic E-state index is 12.9. The summed E-state index contributed by atoms with van der Waals surface area (Å²) >= 11 is 0. The van der Waals surface area contributed by atoms with Crippen molar-refractivity contribution in [2.24, 2.45) is 0 Å². The number of hydrogen-bond donors (Lipinski definition) is 0. The van der Waals surface area contributed by atoms with Crippen LogP contribution in [-0.2, 0) is 37.4 Å². The first-order valence-electron chi connectivity index (χ1n) is 13.5. The number of ketones is 2. The molecule has 0 saturated carbocycles. The zero-order valence-electron chi connectivity index (χ0n) is 25.5. The Morgan fingerprint density at radius 1 is 0.711 bits per heavy atom. The number of carbonyl (C=O) groups is 2. The van der Waals surface area contributed by atoms with E-state index >= 15 is 0 Å². The summed E-state index contributed by atoms with van der Waals surface area (Å²) in [5, 5.41) is -0.166. The Morgan fingerprint density at radius 3 is 1.29 bits per heavy atom. The van der Waals surface area contributed by atoms with E-state index in [1.165, 1.54) is 12.2 Å². The lowest BCUT2D eigenvalue weighted by Gasteiger charge is -2.46. The predicted molar refractivity (Wildman–Crippen MR) is 153 cm³/mol. The lowest BCUT2D eigenvalue weighted by atomic mass is 9.96. The molecule has 2 aliphatic heterocycles. The van der Waals surface area contributed by atoms with E-state index in [-0.39, 0.29) is 34.5 Å². The molecule has 0 saturated heterocycles. The molecule has 38 heavy (non-hydrogen) atoms. The first-order chi connectivity index (χ1) is 17.3. The first-order valence-corrected chi connectivity index (χ1v) is 19.3. The molecule has 8 nitrogen and oxygen atoms in total. The summed E-state index contributed by atoms with van der Waals surface area (Å²) in [6, 6.07) is 0. The first kappa shape index (κ1) is 33.2. The highest BCUT2D eigenvalue weighted by Crippen LogP contribution is 2.42. The van der Waals surface area contributed by atoms with Gasteiger partial charge in [-0.15, -0.1) is 0 Å². The van der Waals surface area contributed by atoms with Crippen LogP contribution in [0.2, 0.25) is 36.3 Å². The molecule has 2 rings (SSSR count). The van der Waals surface area contributed by atoms with E-state index in [2.05, 4.69) is 67.7 Å². The van der Waals surface area contributed by atoms with Crippen LogP contribution >= 0.6 is 0 Å². The van der Waals surface area contributed by atoms with E-state index in [9.17, 15) is 9.59 Å². The molecule has 0 N–H and O–H groups in total. The van der Waals surface area contributed by atoms with Crippen LogP contribution in [0.1, 0.15) is 54.4 Å². The fourth-order valence-corrected chi connectivity index (χ4v) is 6.52. The second-order valence-corrected chi connectivity index (χ2v) is 22.8. The zero-order valence-corrected chi connectivity index (χ0v) is 27.5. The van der Waals surface area contributed by atoms with Crippen LogP contribution in [0.3, 0.4) is 0 Å². The summed E-state index contributed by atoms with van der Waals surface area (Å²) < 4.78 is 36.6. The molecule has 0 spiro atoms. The van der Waals surface area contributed by atoms with Gasteiger partial charge in [-0.2, -0.15) is 0 Å². The average molecular weight is 571 g/mol. The van der Waals surface area contributed by atoms with E-state index in [4.69, 9.17) is 27.8 Å². The third-order valence-corrected chi connectivity index (χ3v) is 17.4. The highest BCUT2D eigenvalue weighted by molar-refractivity contribution is 6.74. The lowest BCUT2D eigenvalue weighted by molar-refractivity contribution is -0.167. The molecule has 0 radical (unpaired) electrons. The van der Waals surface area contributed by atoms with Crippen molar-refractivity contribution in [1.82, 2.24) is 0 Å². The number of ether oxygens (including phenoxy) is 4. The Kier molecular flexibility index (Phi) is 11.1. The Bertz CT molecular complexity index is 812. The maximum Gasteiger partial charge on any atom is 0.192 e. The van der Waals surface area contributed by atoms with E-state index in [1.54, 1.807) is 26.4 Å². The third kappa shape index (κ3) is 8.51. The molecule has 0 fully saturated rings. The number of methoxy groups -OCH3 is 2. The summed E-state index contributed by atoms with van der Waals surface area (Å²) in [7, 11) is -1.58. The number of hydrogen-bond acceptors (Lipinski definition) is 8. The van der Waals surface area contributed by atoms with Gasteiger partial charge < -0.3 is 27.8 Å². The molecule has 0 aromatic rings. The smallest absolute Gasteiger partial charge is 0.192 e. The Morgan fingerprint density at radius 2 is 1.03 bits per heavy atom. The Labute approximate surface area is 231 Å². The summed E-state index contributed by atoms with van der Waals surface area (Å²) in [6.45, 7) is 21.8. The van der Waals surface area contributed by atoms with Crippen molar-refractivity contribution in [3.05, 3.63) is 24.3 Å². The van der Waals surface area contributed by atoms with Gasteiger partial charge in [-0.05, 0) is 60.6 Å². The van der Waals surface area contributed by atoms with Gasteiger partial charge in [0.05, 0.1) is 12.2 Å². The molecule has 0 amide bonds. The highest BCUT2D eigenvalue weighted by Gasteiger charge is 2.47. The number of carbonyl (C=O) groups excluding carboxylic acids is 2. The van der Waals surface area contributed by atoms with Gasteiger partial charge in [0.15, 0.2) is 40.8 Å². The second kappa shape index (κ2) is 12.7. The lowest BCUT2D eigenvalue weighted by Crippen LogP contribution is -2.54. The molecule has 10 heteroatoms. The van der Waals surface area contributed by atoms with Gasteiger partial charge in [-0.25, -0.2) is 0 Å². The molecule has 0 bridgehead atoms. The van der Waals surface area contributed by atoms with Crippen LogP contribution in [0.25, 0.3) is 0 Å². The molecule has 0 unspecified atom stereocenters. The van der Waals surface area contributed by atoms with Crippen molar-refractivity contribution in [3.63, 3.8) is 0 Å². The van der Waals surface area contributed by atoms with Gasteiger partial charge in [0, 0.05) is 27.1 Å². The van der Waals surface area contributed by atoms with E-state index < -0.39 is 53.6 Å². The monoisotopic (exact) mass is 570 g/mol. The topological polar surface area (TPSA) is 89.5 Å². The zero-order chi connectivity index (χ0) is 29.1. The van der Waals surface area contributed by atoms with Crippen LogP contribution in [0.15, 0.2) is 24.3 Å².